The normalized spacial score (nSPS) is 10.2. The van der Waals surface area contributed by atoms with Gasteiger partial charge in [-0.15, -0.1) is 0 Å². The summed E-state index contributed by atoms with van der Waals surface area (Å²) >= 11 is 0. The molecule has 22 heavy (non-hydrogen) atoms. The molecule has 110 valence electrons. The third-order valence-corrected chi connectivity index (χ3v) is 2.83. The molecule has 0 radical (unpaired) electrons. The molecule has 0 fully saturated rings. The van der Waals surface area contributed by atoms with Gasteiger partial charge in [-0.05, 0) is 36.8 Å². The minimum absolute atomic E-state index is 0.103. The summed E-state index contributed by atoms with van der Waals surface area (Å²) in [5, 5.41) is 12.5. The van der Waals surface area contributed by atoms with E-state index in [1.54, 1.807) is 24.3 Å². The highest BCUT2D eigenvalue weighted by molar-refractivity contribution is 5.83. The number of hydrazone groups is 1. The second-order valence-corrected chi connectivity index (χ2v) is 4.63. The molecule has 5 heteroatoms. The second kappa shape index (κ2) is 7.60. The number of hydrogen-bond acceptors (Lipinski definition) is 4. The molecule has 0 aliphatic rings. The second-order valence-electron chi connectivity index (χ2n) is 4.63. The summed E-state index contributed by atoms with van der Waals surface area (Å²) in [6, 6.07) is 16.3. The summed E-state index contributed by atoms with van der Waals surface area (Å²) in [6.45, 7) is 1.88. The number of ether oxygens (including phenoxy) is 1. The van der Waals surface area contributed by atoms with E-state index in [0.717, 1.165) is 11.1 Å². The van der Waals surface area contributed by atoms with E-state index in [1.807, 2.05) is 37.3 Å². The zero-order chi connectivity index (χ0) is 15.8. The molecule has 5 nitrogen and oxygen atoms in total. The molecule has 0 atom stereocenters. The largest absolute Gasteiger partial charge is 0.484 e. The zero-order valence-corrected chi connectivity index (χ0v) is 12.1. The van der Waals surface area contributed by atoms with Gasteiger partial charge in [0.1, 0.15) is 5.75 Å². The van der Waals surface area contributed by atoms with Crippen LogP contribution >= 0.6 is 0 Å². The third kappa shape index (κ3) is 4.76. The smallest absolute Gasteiger partial charge is 0.277 e. The lowest BCUT2D eigenvalue weighted by Crippen LogP contribution is -2.24. The van der Waals surface area contributed by atoms with E-state index >= 15 is 0 Å². The van der Waals surface area contributed by atoms with Gasteiger partial charge in [0, 0.05) is 0 Å². The van der Waals surface area contributed by atoms with Crippen LogP contribution in [0.2, 0.25) is 0 Å². The van der Waals surface area contributed by atoms with Crippen LogP contribution in [0.15, 0.2) is 53.6 Å². The number of aryl methyl sites for hydroxylation is 1. The molecule has 0 spiro atoms. The van der Waals surface area contributed by atoms with Gasteiger partial charge in [-0.3, -0.25) is 4.79 Å². The summed E-state index contributed by atoms with van der Waals surface area (Å²) < 4.78 is 5.33. The van der Waals surface area contributed by atoms with Crippen LogP contribution in [0.1, 0.15) is 16.7 Å². The molecule has 0 aliphatic heterocycles. The summed E-state index contributed by atoms with van der Waals surface area (Å²) in [7, 11) is 0. The molecule has 0 aromatic heterocycles. The van der Waals surface area contributed by atoms with Crippen molar-refractivity contribution in [2.45, 2.75) is 6.92 Å². The van der Waals surface area contributed by atoms with E-state index in [9.17, 15) is 4.79 Å². The Kier molecular flexibility index (Phi) is 5.27. The third-order valence-electron chi connectivity index (χ3n) is 2.83. The Labute approximate surface area is 128 Å². The summed E-state index contributed by atoms with van der Waals surface area (Å²) in [6.07, 6.45) is 1.50. The van der Waals surface area contributed by atoms with E-state index in [1.165, 1.54) is 6.21 Å². The average molecular weight is 293 g/mol. The SMILES string of the molecule is Cc1ccc(OCC(=O)N/N=C/c2ccc(C#N)cc2)cc1. The Balaban J connectivity index is 1.78. The number of nitrogens with one attached hydrogen (secondary N) is 1. The first-order valence-corrected chi connectivity index (χ1v) is 6.69. The number of carbonyl (C=O) groups excluding carboxylic acids is 1. The Hall–Kier alpha value is -3.13. The van der Waals surface area contributed by atoms with Crippen LogP contribution in [0.5, 0.6) is 5.75 Å². The van der Waals surface area contributed by atoms with Crippen molar-refractivity contribution in [1.29, 1.82) is 5.26 Å². The summed E-state index contributed by atoms with van der Waals surface area (Å²) in [5.74, 6) is 0.294. The topological polar surface area (TPSA) is 74.5 Å². The first-order valence-electron chi connectivity index (χ1n) is 6.69. The number of carbonyl (C=O) groups is 1. The monoisotopic (exact) mass is 293 g/mol. The molecule has 0 heterocycles. The van der Waals surface area contributed by atoms with Crippen LogP contribution < -0.4 is 10.2 Å². The highest BCUT2D eigenvalue weighted by Crippen LogP contribution is 2.10. The standard InChI is InChI=1S/C17H15N3O2/c1-13-2-8-16(9-3-13)22-12-17(21)20-19-11-15-6-4-14(10-18)5-7-15/h2-9,11H,12H2,1H3,(H,20,21)/b19-11+. The lowest BCUT2D eigenvalue weighted by molar-refractivity contribution is -0.123. The molecule has 2 aromatic carbocycles. The van der Waals surface area contributed by atoms with Gasteiger partial charge in [0.2, 0.25) is 0 Å². The predicted octanol–water partition coefficient (Wildman–Crippen LogP) is 2.40. The van der Waals surface area contributed by atoms with E-state index in [-0.39, 0.29) is 12.5 Å². The van der Waals surface area contributed by atoms with Crippen LogP contribution in [-0.2, 0) is 4.79 Å². The number of hydrogen-bond donors (Lipinski definition) is 1. The maximum Gasteiger partial charge on any atom is 0.277 e. The first-order chi connectivity index (χ1) is 10.7. The molecule has 2 aromatic rings. The van der Waals surface area contributed by atoms with Crippen molar-refractivity contribution in [1.82, 2.24) is 5.43 Å². The van der Waals surface area contributed by atoms with Gasteiger partial charge in [-0.2, -0.15) is 10.4 Å². The minimum Gasteiger partial charge on any atom is -0.484 e. The Morgan fingerprint density at radius 3 is 2.55 bits per heavy atom. The Morgan fingerprint density at radius 2 is 1.91 bits per heavy atom. The average Bonchev–Trinajstić information content (AvgIpc) is 2.55. The van der Waals surface area contributed by atoms with Crippen LogP contribution in [0, 0.1) is 18.3 Å². The number of nitriles is 1. The fourth-order valence-electron chi connectivity index (χ4n) is 1.64. The maximum absolute atomic E-state index is 11.6. The Bertz CT molecular complexity index is 698. The molecule has 0 saturated heterocycles. The van der Waals surface area contributed by atoms with Crippen molar-refractivity contribution >= 4 is 12.1 Å². The number of rotatable bonds is 5. The van der Waals surface area contributed by atoms with Crippen LogP contribution in [-0.4, -0.2) is 18.7 Å². The van der Waals surface area contributed by atoms with Crippen LogP contribution in [0.3, 0.4) is 0 Å². The van der Waals surface area contributed by atoms with Crippen LogP contribution in [0.25, 0.3) is 0 Å². The molecular formula is C17H15N3O2. The molecular weight excluding hydrogens is 278 g/mol. The van der Waals surface area contributed by atoms with Crippen molar-refractivity contribution in [3.05, 3.63) is 65.2 Å². The van der Waals surface area contributed by atoms with E-state index < -0.39 is 0 Å². The van der Waals surface area contributed by atoms with Crippen LogP contribution in [0.4, 0.5) is 0 Å². The molecule has 0 aliphatic carbocycles. The zero-order valence-electron chi connectivity index (χ0n) is 12.1. The Morgan fingerprint density at radius 1 is 1.23 bits per heavy atom. The van der Waals surface area contributed by atoms with Crippen molar-refractivity contribution < 1.29 is 9.53 Å². The molecule has 2 rings (SSSR count). The molecule has 0 bridgehead atoms. The minimum atomic E-state index is -0.342. The fourth-order valence-corrected chi connectivity index (χ4v) is 1.64. The molecule has 0 unspecified atom stereocenters. The number of nitrogens with zero attached hydrogens (tertiary/aromatic N) is 2. The highest BCUT2D eigenvalue weighted by atomic mass is 16.5. The van der Waals surface area contributed by atoms with Gasteiger partial charge < -0.3 is 4.74 Å². The fraction of sp³-hybridized carbons (Fsp3) is 0.118. The van der Waals surface area contributed by atoms with Gasteiger partial charge in [0.25, 0.3) is 5.91 Å². The molecule has 0 saturated carbocycles. The first kappa shape index (κ1) is 15.3. The van der Waals surface area contributed by atoms with E-state index in [4.69, 9.17) is 10.00 Å². The van der Waals surface area contributed by atoms with Gasteiger partial charge >= 0.3 is 0 Å². The van der Waals surface area contributed by atoms with Gasteiger partial charge in [0.05, 0.1) is 17.8 Å². The lowest BCUT2D eigenvalue weighted by Gasteiger charge is -2.04. The molecule has 1 N–H and O–H groups in total. The summed E-state index contributed by atoms with van der Waals surface area (Å²) in [4.78, 5) is 11.6. The summed E-state index contributed by atoms with van der Waals surface area (Å²) in [5.41, 5.74) is 4.88. The lowest BCUT2D eigenvalue weighted by atomic mass is 10.2. The van der Waals surface area contributed by atoms with Crippen molar-refractivity contribution in [2.24, 2.45) is 5.10 Å². The van der Waals surface area contributed by atoms with Crippen molar-refractivity contribution in [3.63, 3.8) is 0 Å². The number of amides is 1. The van der Waals surface area contributed by atoms with E-state index in [2.05, 4.69) is 10.5 Å². The van der Waals surface area contributed by atoms with Gasteiger partial charge in [-0.1, -0.05) is 29.8 Å². The predicted molar refractivity (Wildman–Crippen MR) is 83.6 cm³/mol. The van der Waals surface area contributed by atoms with E-state index in [0.29, 0.717) is 11.3 Å². The maximum atomic E-state index is 11.6. The highest BCUT2D eigenvalue weighted by Gasteiger charge is 2.01. The number of benzene rings is 2. The van der Waals surface area contributed by atoms with Crippen molar-refractivity contribution in [3.8, 4) is 11.8 Å². The van der Waals surface area contributed by atoms with Gasteiger partial charge in [-0.25, -0.2) is 5.43 Å². The quantitative estimate of drug-likeness (QED) is 0.679. The van der Waals surface area contributed by atoms with Crippen molar-refractivity contribution in [2.75, 3.05) is 6.61 Å². The van der Waals surface area contributed by atoms with Gasteiger partial charge in [0.15, 0.2) is 6.61 Å². The molecule has 1 amide bonds.